The number of fused-ring (bicyclic) bond motifs is 2. The van der Waals surface area contributed by atoms with Crippen LogP contribution in [0.4, 0.5) is 5.69 Å². The maximum atomic E-state index is 12.3. The molecule has 2 heterocycles. The predicted octanol–water partition coefficient (Wildman–Crippen LogP) is 2.45. The van der Waals surface area contributed by atoms with Crippen LogP contribution in [-0.2, 0) is 6.42 Å². The molecule has 2 aromatic heterocycles. The molecule has 1 atom stereocenters. The molecule has 0 aliphatic heterocycles. The Morgan fingerprint density at radius 3 is 2.85 bits per heavy atom. The van der Waals surface area contributed by atoms with Crippen LogP contribution in [0.3, 0.4) is 0 Å². The molecule has 4 rings (SSSR count). The number of rotatable bonds is 3. The van der Waals surface area contributed by atoms with Gasteiger partial charge in [0.1, 0.15) is 11.5 Å². The Kier molecular flexibility index (Phi) is 3.72. The van der Waals surface area contributed by atoms with E-state index in [-0.39, 0.29) is 17.3 Å². The van der Waals surface area contributed by atoms with Gasteiger partial charge in [0, 0.05) is 7.05 Å². The molecule has 26 heavy (non-hydrogen) atoms. The molecule has 0 radical (unpaired) electrons. The Bertz CT molecular complexity index is 1070. The van der Waals surface area contributed by atoms with Gasteiger partial charge < -0.3 is 15.0 Å². The van der Waals surface area contributed by atoms with Gasteiger partial charge in [-0.05, 0) is 55.2 Å². The molecule has 2 N–H and O–H groups in total. The van der Waals surface area contributed by atoms with Crippen molar-refractivity contribution in [1.82, 2.24) is 15.0 Å². The smallest absolute Gasteiger partial charge is 0.354 e. The van der Waals surface area contributed by atoms with E-state index in [0.717, 1.165) is 29.6 Å². The van der Waals surface area contributed by atoms with Crippen molar-refractivity contribution in [2.24, 2.45) is 0 Å². The lowest BCUT2D eigenvalue weighted by molar-refractivity contribution is 0.0690. The number of carbonyl (C=O) groups is 1. The van der Waals surface area contributed by atoms with Crippen LogP contribution in [0.15, 0.2) is 35.3 Å². The second-order valence-electron chi connectivity index (χ2n) is 6.59. The van der Waals surface area contributed by atoms with Gasteiger partial charge in [0.05, 0.1) is 28.8 Å². The molecule has 7 heteroatoms. The largest absolute Gasteiger partial charge is 0.477 e. The number of hydrogen-bond donors (Lipinski definition) is 2. The van der Waals surface area contributed by atoms with Crippen LogP contribution in [0.2, 0.25) is 0 Å². The monoisotopic (exact) mass is 350 g/mol. The summed E-state index contributed by atoms with van der Waals surface area (Å²) in [4.78, 5) is 36.5. The molecule has 0 spiro atoms. The van der Waals surface area contributed by atoms with Crippen molar-refractivity contribution in [3.8, 4) is 0 Å². The Balaban J connectivity index is 1.73. The second-order valence-corrected chi connectivity index (χ2v) is 6.59. The van der Waals surface area contributed by atoms with Crippen LogP contribution in [0.5, 0.6) is 0 Å². The van der Waals surface area contributed by atoms with Gasteiger partial charge in [-0.15, -0.1) is 0 Å². The Labute approximate surface area is 149 Å². The van der Waals surface area contributed by atoms with Gasteiger partial charge in [-0.2, -0.15) is 0 Å². The van der Waals surface area contributed by atoms with E-state index >= 15 is 0 Å². The fourth-order valence-electron chi connectivity index (χ4n) is 3.64. The molecule has 132 valence electrons. The SMILES string of the molecule is Cc1nc2cc3c(cc2c(=O)[nH]1)C(N(C)c1ccc(C(=O)O)nc1)CC3. The zero-order chi connectivity index (χ0) is 18.4. The number of anilines is 1. The van der Waals surface area contributed by atoms with Crippen LogP contribution >= 0.6 is 0 Å². The summed E-state index contributed by atoms with van der Waals surface area (Å²) in [6.45, 7) is 1.78. The Morgan fingerprint density at radius 1 is 1.35 bits per heavy atom. The van der Waals surface area contributed by atoms with E-state index in [2.05, 4.69) is 19.9 Å². The zero-order valence-electron chi connectivity index (χ0n) is 14.5. The van der Waals surface area contributed by atoms with Crippen LogP contribution in [0, 0.1) is 6.92 Å². The average molecular weight is 350 g/mol. The van der Waals surface area contributed by atoms with Crippen molar-refractivity contribution < 1.29 is 9.90 Å². The minimum atomic E-state index is -1.04. The molecule has 0 saturated heterocycles. The van der Waals surface area contributed by atoms with Crippen molar-refractivity contribution >= 4 is 22.6 Å². The lowest BCUT2D eigenvalue weighted by atomic mass is 10.0. The first-order valence-corrected chi connectivity index (χ1v) is 8.39. The fraction of sp³-hybridized carbons (Fsp3) is 0.263. The molecule has 1 aliphatic rings. The summed E-state index contributed by atoms with van der Waals surface area (Å²) in [5, 5.41) is 9.58. The average Bonchev–Trinajstić information content (AvgIpc) is 3.02. The van der Waals surface area contributed by atoms with Gasteiger partial charge in [-0.1, -0.05) is 0 Å². The van der Waals surface area contributed by atoms with E-state index in [1.807, 2.05) is 19.2 Å². The Hall–Kier alpha value is -3.22. The number of aromatic amines is 1. The summed E-state index contributed by atoms with van der Waals surface area (Å²) in [7, 11) is 1.96. The van der Waals surface area contributed by atoms with Crippen LogP contribution < -0.4 is 10.5 Å². The summed E-state index contributed by atoms with van der Waals surface area (Å²) in [5.74, 6) is -0.433. The number of nitrogens with zero attached hydrogens (tertiary/aromatic N) is 3. The number of H-pyrrole nitrogens is 1. The molecule has 1 aromatic carbocycles. The summed E-state index contributed by atoms with van der Waals surface area (Å²) < 4.78 is 0. The quantitative estimate of drug-likeness (QED) is 0.753. The number of aromatic nitrogens is 3. The normalized spacial score (nSPS) is 15.8. The highest BCUT2D eigenvalue weighted by molar-refractivity contribution is 5.85. The van der Waals surface area contributed by atoms with Crippen LogP contribution in [0.25, 0.3) is 10.9 Å². The van der Waals surface area contributed by atoms with E-state index in [1.165, 1.54) is 11.6 Å². The molecular weight excluding hydrogens is 332 g/mol. The molecule has 0 amide bonds. The molecule has 1 aliphatic carbocycles. The molecule has 0 saturated carbocycles. The molecule has 1 unspecified atom stereocenters. The Morgan fingerprint density at radius 2 is 2.15 bits per heavy atom. The summed E-state index contributed by atoms with van der Waals surface area (Å²) in [6.07, 6.45) is 3.40. The third-order valence-electron chi connectivity index (χ3n) is 4.97. The number of aromatic carboxylic acids is 1. The number of aryl methyl sites for hydroxylation is 2. The van der Waals surface area contributed by atoms with Gasteiger partial charge in [0.25, 0.3) is 5.56 Å². The van der Waals surface area contributed by atoms with Crippen molar-refractivity contribution in [3.63, 3.8) is 0 Å². The van der Waals surface area contributed by atoms with Gasteiger partial charge >= 0.3 is 5.97 Å². The van der Waals surface area contributed by atoms with Gasteiger partial charge in [0.15, 0.2) is 0 Å². The summed E-state index contributed by atoms with van der Waals surface area (Å²) in [6, 6.07) is 7.30. The molecule has 3 aromatic rings. The summed E-state index contributed by atoms with van der Waals surface area (Å²) in [5.41, 5.74) is 3.76. The first-order valence-electron chi connectivity index (χ1n) is 8.39. The van der Waals surface area contributed by atoms with Crippen molar-refractivity contribution in [2.75, 3.05) is 11.9 Å². The van der Waals surface area contributed by atoms with Crippen LogP contribution in [0.1, 0.15) is 39.9 Å². The molecule has 7 nitrogen and oxygen atoms in total. The van der Waals surface area contributed by atoms with E-state index in [1.54, 1.807) is 19.2 Å². The number of hydrogen-bond acceptors (Lipinski definition) is 5. The lowest BCUT2D eigenvalue weighted by Crippen LogP contribution is -2.23. The maximum Gasteiger partial charge on any atom is 0.354 e. The summed E-state index contributed by atoms with van der Waals surface area (Å²) >= 11 is 0. The van der Waals surface area contributed by atoms with E-state index in [0.29, 0.717) is 11.2 Å². The zero-order valence-corrected chi connectivity index (χ0v) is 14.5. The van der Waals surface area contributed by atoms with Crippen molar-refractivity contribution in [1.29, 1.82) is 0 Å². The molecular formula is C19H18N4O3. The number of pyridine rings is 1. The molecule has 0 fully saturated rings. The highest BCUT2D eigenvalue weighted by Crippen LogP contribution is 2.38. The second kappa shape index (κ2) is 5.94. The number of carboxylic acid groups (broad SMARTS) is 1. The first-order chi connectivity index (χ1) is 12.4. The van der Waals surface area contributed by atoms with Crippen molar-refractivity contribution in [3.05, 3.63) is 63.5 Å². The van der Waals surface area contributed by atoms with Crippen LogP contribution in [-0.4, -0.2) is 33.1 Å². The maximum absolute atomic E-state index is 12.3. The standard InChI is InChI=1S/C19H18N4O3/c1-10-21-16-7-11-3-6-17(13(11)8-14(16)18(24)22-10)23(2)12-4-5-15(19(25)26)20-9-12/h4-5,7-9,17H,3,6H2,1-2H3,(H,25,26)(H,21,22,24). The topological polar surface area (TPSA) is 99.2 Å². The first kappa shape index (κ1) is 16.3. The fourth-order valence-corrected chi connectivity index (χ4v) is 3.64. The highest BCUT2D eigenvalue weighted by Gasteiger charge is 2.27. The predicted molar refractivity (Wildman–Crippen MR) is 97.8 cm³/mol. The van der Waals surface area contributed by atoms with Crippen molar-refractivity contribution in [2.45, 2.75) is 25.8 Å². The van der Waals surface area contributed by atoms with Gasteiger partial charge in [0.2, 0.25) is 0 Å². The van der Waals surface area contributed by atoms with Gasteiger partial charge in [-0.25, -0.2) is 14.8 Å². The minimum Gasteiger partial charge on any atom is -0.477 e. The number of benzene rings is 1. The van der Waals surface area contributed by atoms with E-state index in [9.17, 15) is 9.59 Å². The van der Waals surface area contributed by atoms with Gasteiger partial charge in [-0.3, -0.25) is 4.79 Å². The number of carboxylic acids is 1. The molecule has 0 bridgehead atoms. The third-order valence-corrected chi connectivity index (χ3v) is 4.97. The van der Waals surface area contributed by atoms with E-state index in [4.69, 9.17) is 5.11 Å². The minimum absolute atomic E-state index is 0.0212. The highest BCUT2D eigenvalue weighted by atomic mass is 16.4. The third kappa shape index (κ3) is 2.61. The lowest BCUT2D eigenvalue weighted by Gasteiger charge is -2.27. The number of nitrogens with one attached hydrogen (secondary N) is 1. The van der Waals surface area contributed by atoms with E-state index < -0.39 is 5.97 Å².